The van der Waals surface area contributed by atoms with Gasteiger partial charge in [0.05, 0.1) is 43.4 Å². The van der Waals surface area contributed by atoms with Gasteiger partial charge in [-0.05, 0) is 25.1 Å². The number of hydrogen-bond donors (Lipinski definition) is 1. The number of carbonyl (C=O) groups is 1. The van der Waals surface area contributed by atoms with Crippen molar-refractivity contribution in [3.63, 3.8) is 0 Å². The summed E-state index contributed by atoms with van der Waals surface area (Å²) in [7, 11) is 3.97. The molecule has 0 fully saturated rings. The second-order valence-electron chi connectivity index (χ2n) is 6.72. The number of amides is 1. The molecule has 29 heavy (non-hydrogen) atoms. The van der Waals surface area contributed by atoms with Crippen molar-refractivity contribution in [2.45, 2.75) is 6.92 Å². The minimum absolute atomic E-state index is 0.0514. The largest absolute Gasteiger partial charge is 0.492 e. The van der Waals surface area contributed by atoms with Crippen LogP contribution >= 0.6 is 11.3 Å². The molecule has 3 aromatic rings. The van der Waals surface area contributed by atoms with Crippen LogP contribution in [0.3, 0.4) is 0 Å². The van der Waals surface area contributed by atoms with Crippen LogP contribution in [0.2, 0.25) is 0 Å². The highest BCUT2D eigenvalue weighted by Crippen LogP contribution is 2.35. The SMILES string of the molecule is CCOc1cccc2sc(N(CC[NH+](C)C)C(=O)c3ccccc3[N+](=O)[O-])nc12. The fourth-order valence-electron chi connectivity index (χ4n) is 2.88. The minimum atomic E-state index is -0.534. The molecule has 0 unspecified atom stereocenters. The van der Waals surface area contributed by atoms with E-state index in [1.807, 2.05) is 39.2 Å². The lowest BCUT2D eigenvalue weighted by atomic mass is 10.1. The predicted octanol–water partition coefficient (Wildman–Crippen LogP) is 2.39. The zero-order valence-corrected chi connectivity index (χ0v) is 17.4. The Morgan fingerprint density at radius 1 is 1.24 bits per heavy atom. The predicted molar refractivity (Wildman–Crippen MR) is 113 cm³/mol. The van der Waals surface area contributed by atoms with Gasteiger partial charge in [0.1, 0.15) is 16.8 Å². The number of nitro benzene ring substituents is 1. The number of fused-ring (bicyclic) bond motifs is 1. The average Bonchev–Trinajstić information content (AvgIpc) is 3.13. The van der Waals surface area contributed by atoms with Crippen molar-refractivity contribution in [2.24, 2.45) is 0 Å². The van der Waals surface area contributed by atoms with Gasteiger partial charge in [-0.3, -0.25) is 19.8 Å². The molecule has 8 nitrogen and oxygen atoms in total. The van der Waals surface area contributed by atoms with Gasteiger partial charge in [-0.15, -0.1) is 0 Å². The maximum atomic E-state index is 13.3. The van der Waals surface area contributed by atoms with E-state index < -0.39 is 10.8 Å². The second-order valence-corrected chi connectivity index (χ2v) is 7.73. The first-order valence-electron chi connectivity index (χ1n) is 9.29. The number of carbonyl (C=O) groups excluding carboxylic acids is 1. The van der Waals surface area contributed by atoms with E-state index in [9.17, 15) is 14.9 Å². The van der Waals surface area contributed by atoms with E-state index in [-0.39, 0.29) is 11.3 Å². The summed E-state index contributed by atoms with van der Waals surface area (Å²) in [6.45, 7) is 3.46. The normalized spacial score (nSPS) is 11.0. The van der Waals surface area contributed by atoms with Gasteiger partial charge >= 0.3 is 0 Å². The number of anilines is 1. The maximum absolute atomic E-state index is 13.3. The van der Waals surface area contributed by atoms with Crippen LogP contribution in [0.5, 0.6) is 5.75 Å². The summed E-state index contributed by atoms with van der Waals surface area (Å²) in [6.07, 6.45) is 0. The van der Waals surface area contributed by atoms with Gasteiger partial charge in [0.25, 0.3) is 11.6 Å². The number of benzene rings is 2. The van der Waals surface area contributed by atoms with Gasteiger partial charge in [-0.1, -0.05) is 29.5 Å². The van der Waals surface area contributed by atoms with Gasteiger partial charge in [-0.25, -0.2) is 4.98 Å². The van der Waals surface area contributed by atoms with Crippen LogP contribution in [0.15, 0.2) is 42.5 Å². The molecule has 3 rings (SSSR count). The molecule has 1 heterocycles. The minimum Gasteiger partial charge on any atom is -0.492 e. The Morgan fingerprint density at radius 3 is 2.69 bits per heavy atom. The number of thiazole rings is 1. The molecule has 0 saturated heterocycles. The number of nitrogens with one attached hydrogen (secondary N) is 1. The molecular weight excluding hydrogens is 392 g/mol. The molecule has 0 spiro atoms. The monoisotopic (exact) mass is 415 g/mol. The number of hydrogen-bond acceptors (Lipinski definition) is 6. The lowest BCUT2D eigenvalue weighted by Gasteiger charge is -2.20. The quantitative estimate of drug-likeness (QED) is 0.451. The Bertz CT molecular complexity index is 1030. The third kappa shape index (κ3) is 4.52. The van der Waals surface area contributed by atoms with Crippen molar-refractivity contribution in [3.8, 4) is 5.75 Å². The Hall–Kier alpha value is -3.04. The van der Waals surface area contributed by atoms with E-state index in [0.717, 1.165) is 9.60 Å². The average molecular weight is 415 g/mol. The summed E-state index contributed by atoms with van der Waals surface area (Å²) in [6, 6.07) is 11.6. The van der Waals surface area contributed by atoms with Crippen molar-refractivity contribution in [2.75, 3.05) is 38.7 Å². The van der Waals surface area contributed by atoms with Crippen molar-refractivity contribution in [3.05, 3.63) is 58.1 Å². The van der Waals surface area contributed by atoms with E-state index in [1.54, 1.807) is 12.1 Å². The van der Waals surface area contributed by atoms with Crippen LogP contribution < -0.4 is 14.5 Å². The van der Waals surface area contributed by atoms with Crippen LogP contribution in [0, 0.1) is 10.1 Å². The molecule has 0 bridgehead atoms. The molecule has 1 amide bonds. The van der Waals surface area contributed by atoms with E-state index in [0.29, 0.717) is 36.1 Å². The molecule has 2 aromatic carbocycles. The Balaban J connectivity index is 2.06. The first kappa shape index (κ1) is 20.7. The van der Waals surface area contributed by atoms with Gasteiger partial charge in [-0.2, -0.15) is 0 Å². The summed E-state index contributed by atoms with van der Waals surface area (Å²) in [5.41, 5.74) is 0.526. The van der Waals surface area contributed by atoms with Crippen LogP contribution in [-0.2, 0) is 0 Å². The zero-order valence-electron chi connectivity index (χ0n) is 16.5. The van der Waals surface area contributed by atoms with Crippen LogP contribution in [0.1, 0.15) is 17.3 Å². The van der Waals surface area contributed by atoms with E-state index in [1.165, 1.54) is 28.4 Å². The number of ether oxygens (including phenoxy) is 1. The molecule has 0 atom stereocenters. The zero-order chi connectivity index (χ0) is 21.0. The molecule has 152 valence electrons. The van der Waals surface area contributed by atoms with E-state index >= 15 is 0 Å². The molecule has 0 saturated carbocycles. The van der Waals surface area contributed by atoms with E-state index in [4.69, 9.17) is 4.74 Å². The van der Waals surface area contributed by atoms with Crippen LogP contribution in [-0.4, -0.2) is 49.6 Å². The molecule has 0 aliphatic rings. The highest BCUT2D eigenvalue weighted by Gasteiger charge is 2.28. The third-order valence-corrected chi connectivity index (χ3v) is 5.36. The lowest BCUT2D eigenvalue weighted by molar-refractivity contribution is -0.856. The molecular formula is C20H23N4O4S+. The van der Waals surface area contributed by atoms with Crippen molar-refractivity contribution >= 4 is 38.3 Å². The summed E-state index contributed by atoms with van der Waals surface area (Å²) >= 11 is 1.37. The highest BCUT2D eigenvalue weighted by molar-refractivity contribution is 7.22. The number of nitrogens with zero attached hydrogens (tertiary/aromatic N) is 3. The van der Waals surface area contributed by atoms with Gasteiger partial charge < -0.3 is 9.64 Å². The van der Waals surface area contributed by atoms with Crippen molar-refractivity contribution < 1.29 is 19.4 Å². The molecule has 0 aliphatic carbocycles. The van der Waals surface area contributed by atoms with Gasteiger partial charge in [0.2, 0.25) is 0 Å². The summed E-state index contributed by atoms with van der Waals surface area (Å²) in [5.74, 6) is 0.222. The first-order chi connectivity index (χ1) is 13.9. The van der Waals surface area contributed by atoms with Gasteiger partial charge in [0.15, 0.2) is 5.13 Å². The summed E-state index contributed by atoms with van der Waals surface area (Å²) in [5, 5.41) is 11.9. The molecule has 1 N–H and O–H groups in total. The number of quaternary nitrogens is 1. The molecule has 1 aromatic heterocycles. The topological polar surface area (TPSA) is 90.0 Å². The highest BCUT2D eigenvalue weighted by atomic mass is 32.1. The van der Waals surface area contributed by atoms with Crippen LogP contribution in [0.4, 0.5) is 10.8 Å². The first-order valence-corrected chi connectivity index (χ1v) is 10.1. The lowest BCUT2D eigenvalue weighted by Crippen LogP contribution is -3.06. The maximum Gasteiger partial charge on any atom is 0.282 e. The molecule has 0 aliphatic heterocycles. The third-order valence-electron chi connectivity index (χ3n) is 4.31. The standard InChI is InChI=1S/C20H22N4O4S/c1-4-28-16-10-7-11-17-18(16)21-20(29-17)23(13-12-22(2)3)19(25)14-8-5-6-9-15(14)24(26)27/h5-11H,4,12-13H2,1-3H3/p+1. The smallest absolute Gasteiger partial charge is 0.282 e. The van der Waals surface area contributed by atoms with Gasteiger partial charge in [0, 0.05) is 6.07 Å². The number of para-hydroxylation sites is 2. The number of aromatic nitrogens is 1. The van der Waals surface area contributed by atoms with Crippen LogP contribution in [0.25, 0.3) is 10.2 Å². The second kappa shape index (κ2) is 8.97. The Kier molecular flexibility index (Phi) is 6.40. The number of likely N-dealkylation sites (N-methyl/N-ethyl adjacent to an activating group) is 1. The summed E-state index contributed by atoms with van der Waals surface area (Å²) in [4.78, 5) is 31.5. The number of rotatable bonds is 8. The Labute approximate surface area is 172 Å². The van der Waals surface area contributed by atoms with Crippen molar-refractivity contribution in [1.29, 1.82) is 0 Å². The fraction of sp³-hybridized carbons (Fsp3) is 0.300. The van der Waals surface area contributed by atoms with E-state index in [2.05, 4.69) is 4.98 Å². The fourth-order valence-corrected chi connectivity index (χ4v) is 3.89. The molecule has 0 radical (unpaired) electrons. The Morgan fingerprint density at radius 2 is 2.00 bits per heavy atom. The number of nitro groups is 1. The molecule has 9 heteroatoms. The van der Waals surface area contributed by atoms with Crippen molar-refractivity contribution in [1.82, 2.24) is 4.98 Å². The summed E-state index contributed by atoms with van der Waals surface area (Å²) < 4.78 is 6.55.